The molecule has 0 aromatic heterocycles. The standard InChI is InChI=1S/C16H33N3O4/c1-16(2,3)23-15(20)19-7-6-18(14(12-17)13-19)8-11-22-10-5-9-21-4/h14H,5-13,17H2,1-4H3. The van der Waals surface area contributed by atoms with Gasteiger partial charge in [0.2, 0.25) is 0 Å². The van der Waals surface area contributed by atoms with Crippen molar-refractivity contribution in [1.29, 1.82) is 0 Å². The number of hydrogen-bond donors (Lipinski definition) is 1. The zero-order valence-electron chi connectivity index (χ0n) is 15.0. The van der Waals surface area contributed by atoms with E-state index in [1.807, 2.05) is 20.8 Å². The van der Waals surface area contributed by atoms with Crippen molar-refractivity contribution in [3.63, 3.8) is 0 Å². The van der Waals surface area contributed by atoms with E-state index in [4.69, 9.17) is 19.9 Å². The molecule has 0 aliphatic carbocycles. The smallest absolute Gasteiger partial charge is 0.410 e. The lowest BCUT2D eigenvalue weighted by Gasteiger charge is -2.41. The van der Waals surface area contributed by atoms with Gasteiger partial charge in [0, 0.05) is 59.1 Å². The summed E-state index contributed by atoms with van der Waals surface area (Å²) >= 11 is 0. The summed E-state index contributed by atoms with van der Waals surface area (Å²) < 4.78 is 16.0. The third-order valence-electron chi connectivity index (χ3n) is 3.69. The quantitative estimate of drug-likeness (QED) is 0.667. The molecule has 0 bridgehead atoms. The summed E-state index contributed by atoms with van der Waals surface area (Å²) in [6.45, 7) is 11.1. The Morgan fingerprint density at radius 3 is 2.57 bits per heavy atom. The molecule has 1 rings (SSSR count). The fourth-order valence-corrected chi connectivity index (χ4v) is 2.49. The Kier molecular flexibility index (Phi) is 8.83. The van der Waals surface area contributed by atoms with E-state index < -0.39 is 5.60 Å². The van der Waals surface area contributed by atoms with Crippen LogP contribution in [0.1, 0.15) is 27.2 Å². The van der Waals surface area contributed by atoms with Crippen LogP contribution in [0.5, 0.6) is 0 Å². The molecule has 1 atom stereocenters. The van der Waals surface area contributed by atoms with E-state index in [2.05, 4.69) is 4.90 Å². The zero-order chi connectivity index (χ0) is 17.3. The van der Waals surface area contributed by atoms with E-state index in [1.54, 1.807) is 12.0 Å². The first kappa shape index (κ1) is 20.2. The molecule has 7 heteroatoms. The van der Waals surface area contributed by atoms with Gasteiger partial charge >= 0.3 is 6.09 Å². The fraction of sp³-hybridized carbons (Fsp3) is 0.938. The zero-order valence-corrected chi connectivity index (χ0v) is 15.0. The molecule has 1 aliphatic heterocycles. The molecule has 0 aromatic rings. The Morgan fingerprint density at radius 2 is 1.96 bits per heavy atom. The van der Waals surface area contributed by atoms with E-state index in [0.717, 1.165) is 26.1 Å². The average molecular weight is 331 g/mol. The Labute approximate surface area is 140 Å². The van der Waals surface area contributed by atoms with Gasteiger partial charge in [-0.1, -0.05) is 0 Å². The van der Waals surface area contributed by atoms with Gasteiger partial charge in [-0.15, -0.1) is 0 Å². The third-order valence-corrected chi connectivity index (χ3v) is 3.69. The van der Waals surface area contributed by atoms with Crippen molar-refractivity contribution in [2.75, 3.05) is 59.7 Å². The van der Waals surface area contributed by atoms with Crippen LogP contribution in [-0.4, -0.2) is 87.2 Å². The van der Waals surface area contributed by atoms with Crippen molar-refractivity contribution in [3.8, 4) is 0 Å². The predicted octanol–water partition coefficient (Wildman–Crippen LogP) is 0.920. The van der Waals surface area contributed by atoms with Gasteiger partial charge in [0.05, 0.1) is 6.61 Å². The number of ether oxygens (including phenoxy) is 3. The number of methoxy groups -OCH3 is 1. The fourth-order valence-electron chi connectivity index (χ4n) is 2.49. The van der Waals surface area contributed by atoms with Crippen LogP contribution in [0.2, 0.25) is 0 Å². The van der Waals surface area contributed by atoms with Gasteiger partial charge in [-0.05, 0) is 27.2 Å². The van der Waals surface area contributed by atoms with E-state index in [9.17, 15) is 4.79 Å². The Balaban J connectivity index is 2.33. The number of rotatable bonds is 8. The summed E-state index contributed by atoms with van der Waals surface area (Å²) in [7, 11) is 1.69. The molecule has 23 heavy (non-hydrogen) atoms. The minimum atomic E-state index is -0.470. The summed E-state index contributed by atoms with van der Waals surface area (Å²) in [6, 6.07) is 0.152. The van der Waals surface area contributed by atoms with Crippen molar-refractivity contribution < 1.29 is 19.0 Å². The first-order chi connectivity index (χ1) is 10.9. The minimum absolute atomic E-state index is 0.152. The van der Waals surface area contributed by atoms with Gasteiger partial charge in [0.25, 0.3) is 0 Å². The van der Waals surface area contributed by atoms with Crippen molar-refractivity contribution in [3.05, 3.63) is 0 Å². The van der Waals surface area contributed by atoms with Crippen molar-refractivity contribution in [1.82, 2.24) is 9.80 Å². The Bertz CT molecular complexity index is 347. The van der Waals surface area contributed by atoms with Crippen LogP contribution < -0.4 is 5.73 Å². The number of piperazine rings is 1. The number of nitrogens with zero attached hydrogens (tertiary/aromatic N) is 2. The molecule has 1 aliphatic rings. The molecular formula is C16H33N3O4. The van der Waals surface area contributed by atoms with Crippen molar-refractivity contribution in [2.24, 2.45) is 5.73 Å². The molecule has 1 saturated heterocycles. The maximum Gasteiger partial charge on any atom is 0.410 e. The maximum atomic E-state index is 12.2. The molecule has 1 heterocycles. The second-order valence-corrected chi connectivity index (χ2v) is 6.81. The van der Waals surface area contributed by atoms with E-state index in [1.165, 1.54) is 0 Å². The molecule has 1 fully saturated rings. The lowest BCUT2D eigenvalue weighted by molar-refractivity contribution is -0.000965. The van der Waals surface area contributed by atoms with E-state index in [0.29, 0.717) is 32.8 Å². The first-order valence-electron chi connectivity index (χ1n) is 8.36. The number of carbonyl (C=O) groups excluding carboxylic acids is 1. The molecule has 0 saturated carbocycles. The Morgan fingerprint density at radius 1 is 1.22 bits per heavy atom. The summed E-state index contributed by atoms with van der Waals surface area (Å²) in [6.07, 6.45) is 0.648. The second kappa shape index (κ2) is 10.1. The molecule has 7 nitrogen and oxygen atoms in total. The summed E-state index contributed by atoms with van der Waals surface area (Å²) in [5.41, 5.74) is 5.41. The molecule has 2 N–H and O–H groups in total. The van der Waals surface area contributed by atoms with Gasteiger partial charge in [0.1, 0.15) is 5.60 Å². The van der Waals surface area contributed by atoms with Crippen LogP contribution in [0.15, 0.2) is 0 Å². The highest BCUT2D eigenvalue weighted by atomic mass is 16.6. The highest BCUT2D eigenvalue weighted by molar-refractivity contribution is 5.68. The van der Waals surface area contributed by atoms with Crippen LogP contribution in [0.4, 0.5) is 4.79 Å². The van der Waals surface area contributed by atoms with Gasteiger partial charge in [-0.2, -0.15) is 0 Å². The summed E-state index contributed by atoms with van der Waals surface area (Å²) in [5.74, 6) is 0. The normalized spacial score (nSPS) is 19.9. The highest BCUT2D eigenvalue weighted by Gasteiger charge is 2.30. The minimum Gasteiger partial charge on any atom is -0.444 e. The van der Waals surface area contributed by atoms with Crippen LogP contribution in [-0.2, 0) is 14.2 Å². The SMILES string of the molecule is COCCCOCCN1CCN(C(=O)OC(C)(C)C)CC1CN. The first-order valence-corrected chi connectivity index (χ1v) is 8.36. The van der Waals surface area contributed by atoms with Gasteiger partial charge < -0.3 is 24.8 Å². The topological polar surface area (TPSA) is 77.3 Å². The number of carbonyl (C=O) groups is 1. The monoisotopic (exact) mass is 331 g/mol. The maximum absolute atomic E-state index is 12.2. The lowest BCUT2D eigenvalue weighted by Crippen LogP contribution is -2.58. The van der Waals surface area contributed by atoms with Crippen LogP contribution in [0.3, 0.4) is 0 Å². The van der Waals surface area contributed by atoms with Crippen LogP contribution in [0.25, 0.3) is 0 Å². The molecule has 0 spiro atoms. The molecular weight excluding hydrogens is 298 g/mol. The third kappa shape index (κ3) is 7.97. The van der Waals surface area contributed by atoms with Crippen LogP contribution >= 0.6 is 0 Å². The molecule has 136 valence electrons. The van der Waals surface area contributed by atoms with Gasteiger partial charge in [-0.3, -0.25) is 4.90 Å². The lowest BCUT2D eigenvalue weighted by atomic mass is 10.1. The molecule has 0 radical (unpaired) electrons. The van der Waals surface area contributed by atoms with Crippen molar-refractivity contribution in [2.45, 2.75) is 38.8 Å². The number of hydrogen-bond acceptors (Lipinski definition) is 6. The highest BCUT2D eigenvalue weighted by Crippen LogP contribution is 2.14. The predicted molar refractivity (Wildman–Crippen MR) is 89.5 cm³/mol. The van der Waals surface area contributed by atoms with E-state index >= 15 is 0 Å². The van der Waals surface area contributed by atoms with Crippen molar-refractivity contribution >= 4 is 6.09 Å². The number of amides is 1. The largest absolute Gasteiger partial charge is 0.444 e. The summed E-state index contributed by atoms with van der Waals surface area (Å²) in [5, 5.41) is 0. The van der Waals surface area contributed by atoms with Gasteiger partial charge in [-0.25, -0.2) is 4.79 Å². The molecule has 0 aromatic carbocycles. The Hall–Kier alpha value is -0.890. The second-order valence-electron chi connectivity index (χ2n) is 6.81. The molecule has 1 amide bonds. The van der Waals surface area contributed by atoms with Gasteiger partial charge in [0.15, 0.2) is 0 Å². The molecule has 1 unspecified atom stereocenters. The van der Waals surface area contributed by atoms with Crippen LogP contribution in [0, 0.1) is 0 Å². The number of nitrogens with two attached hydrogens (primary N) is 1. The summed E-state index contributed by atoms with van der Waals surface area (Å²) in [4.78, 5) is 16.2. The van der Waals surface area contributed by atoms with E-state index in [-0.39, 0.29) is 12.1 Å². The average Bonchev–Trinajstić information content (AvgIpc) is 2.49.